The molecule has 1 aromatic rings. The fourth-order valence-corrected chi connectivity index (χ4v) is 2.03. The van der Waals surface area contributed by atoms with Gasteiger partial charge in [-0.1, -0.05) is 29.8 Å². The van der Waals surface area contributed by atoms with Crippen LogP contribution in [0.3, 0.4) is 0 Å². The van der Waals surface area contributed by atoms with Crippen LogP contribution in [0.4, 0.5) is 0 Å². The maximum atomic E-state index is 12.1. The number of nitrogens with one attached hydrogen (secondary N) is 1. The molecule has 0 atom stereocenters. The first kappa shape index (κ1) is 16.0. The number of hydrogen-bond acceptors (Lipinski definition) is 3. The van der Waals surface area contributed by atoms with Crippen molar-refractivity contribution in [3.8, 4) is 5.75 Å². The summed E-state index contributed by atoms with van der Waals surface area (Å²) in [7, 11) is 1.52. The van der Waals surface area contributed by atoms with Gasteiger partial charge in [0.25, 0.3) is 5.91 Å². The van der Waals surface area contributed by atoms with Crippen molar-refractivity contribution in [3.05, 3.63) is 28.2 Å². The first-order valence-corrected chi connectivity index (χ1v) is 7.09. The third kappa shape index (κ3) is 4.21. The minimum atomic E-state index is -0.849. The maximum absolute atomic E-state index is 12.1. The number of amides is 1. The minimum absolute atomic E-state index is 0.234. The van der Waals surface area contributed by atoms with Gasteiger partial charge in [0.2, 0.25) is 0 Å². The van der Waals surface area contributed by atoms with Gasteiger partial charge < -0.3 is 15.2 Å². The normalized spacial score (nSPS) is 11.2. The topological polar surface area (TPSA) is 58.6 Å². The highest BCUT2D eigenvalue weighted by molar-refractivity contribution is 9.10. The average molecular weight is 330 g/mol. The Morgan fingerprint density at radius 1 is 1.42 bits per heavy atom. The van der Waals surface area contributed by atoms with E-state index in [2.05, 4.69) is 21.2 Å². The van der Waals surface area contributed by atoms with Crippen molar-refractivity contribution < 1.29 is 14.6 Å². The molecule has 106 valence electrons. The predicted octanol–water partition coefficient (Wildman–Crippen LogP) is 2.74. The molecule has 0 aliphatic heterocycles. The van der Waals surface area contributed by atoms with E-state index in [-0.39, 0.29) is 12.5 Å². The zero-order chi connectivity index (χ0) is 14.5. The minimum Gasteiger partial charge on any atom is -0.496 e. The van der Waals surface area contributed by atoms with Gasteiger partial charge in [0.15, 0.2) is 0 Å². The molecule has 0 spiro atoms. The summed E-state index contributed by atoms with van der Waals surface area (Å²) in [5.41, 5.74) is -0.390. The maximum Gasteiger partial charge on any atom is 0.255 e. The highest BCUT2D eigenvalue weighted by Gasteiger charge is 2.23. The lowest BCUT2D eigenvalue weighted by Crippen LogP contribution is -2.42. The number of rotatable bonds is 6. The first-order valence-electron chi connectivity index (χ1n) is 6.30. The predicted molar refractivity (Wildman–Crippen MR) is 78.6 cm³/mol. The fourth-order valence-electron chi connectivity index (χ4n) is 1.69. The Balaban J connectivity index is 2.79. The molecule has 0 heterocycles. The van der Waals surface area contributed by atoms with Gasteiger partial charge in [-0.25, -0.2) is 0 Å². The van der Waals surface area contributed by atoms with Crippen LogP contribution in [0.15, 0.2) is 22.7 Å². The average Bonchev–Trinajstić information content (AvgIpc) is 2.44. The summed E-state index contributed by atoms with van der Waals surface area (Å²) in [6, 6.07) is 5.21. The molecule has 0 aliphatic carbocycles. The van der Waals surface area contributed by atoms with Crippen LogP contribution >= 0.6 is 15.9 Å². The van der Waals surface area contributed by atoms with Crippen LogP contribution in [-0.4, -0.2) is 30.3 Å². The Labute approximate surface area is 122 Å². The lowest BCUT2D eigenvalue weighted by Gasteiger charge is -2.25. The fraction of sp³-hybridized carbons (Fsp3) is 0.500. The molecule has 4 nitrogen and oxygen atoms in total. The zero-order valence-electron chi connectivity index (χ0n) is 11.5. The lowest BCUT2D eigenvalue weighted by atomic mass is 9.97. The van der Waals surface area contributed by atoms with Gasteiger partial charge in [0.1, 0.15) is 5.75 Å². The second-order valence-corrected chi connectivity index (χ2v) is 5.37. The molecular formula is C14H20BrNO3. The molecular weight excluding hydrogens is 310 g/mol. The van der Waals surface area contributed by atoms with Crippen LogP contribution in [0.1, 0.15) is 37.0 Å². The molecule has 0 bridgehead atoms. The molecule has 2 N–H and O–H groups in total. The third-order valence-electron chi connectivity index (χ3n) is 3.30. The van der Waals surface area contributed by atoms with Crippen molar-refractivity contribution in [1.82, 2.24) is 5.32 Å². The summed E-state index contributed by atoms with van der Waals surface area (Å²) >= 11 is 3.33. The zero-order valence-corrected chi connectivity index (χ0v) is 13.1. The van der Waals surface area contributed by atoms with Gasteiger partial charge in [-0.05, 0) is 31.0 Å². The van der Waals surface area contributed by atoms with Crippen LogP contribution in [0.5, 0.6) is 5.75 Å². The molecule has 19 heavy (non-hydrogen) atoms. The summed E-state index contributed by atoms with van der Waals surface area (Å²) < 4.78 is 6.03. The molecule has 0 saturated carbocycles. The number of hydrogen-bond donors (Lipinski definition) is 2. The molecule has 0 aliphatic rings. The van der Waals surface area contributed by atoms with E-state index in [1.165, 1.54) is 7.11 Å². The Kier molecular flexibility index (Phi) is 5.82. The highest BCUT2D eigenvalue weighted by atomic mass is 79.9. The number of methoxy groups -OCH3 is 1. The van der Waals surface area contributed by atoms with Crippen LogP contribution in [0.25, 0.3) is 0 Å². The number of carbonyl (C=O) groups is 1. The number of carbonyl (C=O) groups excluding carboxylic acids is 1. The van der Waals surface area contributed by atoms with E-state index >= 15 is 0 Å². The Morgan fingerprint density at radius 3 is 2.58 bits per heavy atom. The Hall–Kier alpha value is -1.07. The van der Waals surface area contributed by atoms with Gasteiger partial charge >= 0.3 is 0 Å². The van der Waals surface area contributed by atoms with Crippen molar-refractivity contribution >= 4 is 21.8 Å². The number of benzene rings is 1. The van der Waals surface area contributed by atoms with Crippen LogP contribution in [0, 0.1) is 0 Å². The molecule has 0 fully saturated rings. The number of halogens is 1. The SMILES string of the molecule is CCC(O)(CC)CNC(=O)c1ccc(Br)cc1OC. The highest BCUT2D eigenvalue weighted by Crippen LogP contribution is 2.23. The summed E-state index contributed by atoms with van der Waals surface area (Å²) in [6.45, 7) is 4.03. The van der Waals surface area contributed by atoms with Gasteiger partial charge in [0.05, 0.1) is 18.3 Å². The summed E-state index contributed by atoms with van der Waals surface area (Å²) in [4.78, 5) is 12.1. The molecule has 0 aromatic heterocycles. The second kappa shape index (κ2) is 6.91. The van der Waals surface area contributed by atoms with E-state index < -0.39 is 5.60 Å². The van der Waals surface area contributed by atoms with E-state index in [4.69, 9.17) is 4.74 Å². The Morgan fingerprint density at radius 2 is 2.05 bits per heavy atom. The van der Waals surface area contributed by atoms with E-state index in [1.54, 1.807) is 18.2 Å². The van der Waals surface area contributed by atoms with E-state index in [0.717, 1.165) is 4.47 Å². The van der Waals surface area contributed by atoms with Crippen molar-refractivity contribution in [1.29, 1.82) is 0 Å². The van der Waals surface area contributed by atoms with Crippen LogP contribution in [0.2, 0.25) is 0 Å². The molecule has 1 amide bonds. The van der Waals surface area contributed by atoms with Crippen LogP contribution in [-0.2, 0) is 0 Å². The largest absolute Gasteiger partial charge is 0.496 e. The molecule has 1 rings (SSSR count). The second-order valence-electron chi connectivity index (χ2n) is 4.46. The van der Waals surface area contributed by atoms with Gasteiger partial charge in [0, 0.05) is 11.0 Å². The van der Waals surface area contributed by atoms with Crippen molar-refractivity contribution in [2.75, 3.05) is 13.7 Å². The summed E-state index contributed by atoms with van der Waals surface area (Å²) in [5.74, 6) is 0.257. The molecule has 1 aromatic carbocycles. The first-order chi connectivity index (χ1) is 8.95. The van der Waals surface area contributed by atoms with Gasteiger partial charge in [-0.15, -0.1) is 0 Å². The van der Waals surface area contributed by atoms with E-state index in [0.29, 0.717) is 24.2 Å². The summed E-state index contributed by atoms with van der Waals surface area (Å²) in [6.07, 6.45) is 1.20. The number of ether oxygens (including phenoxy) is 1. The van der Waals surface area contributed by atoms with Crippen molar-refractivity contribution in [3.63, 3.8) is 0 Å². The Bertz CT molecular complexity index is 444. The van der Waals surface area contributed by atoms with Gasteiger partial charge in [-0.2, -0.15) is 0 Å². The summed E-state index contributed by atoms with van der Waals surface area (Å²) in [5, 5.41) is 12.9. The smallest absolute Gasteiger partial charge is 0.255 e. The quantitative estimate of drug-likeness (QED) is 0.843. The van der Waals surface area contributed by atoms with Crippen molar-refractivity contribution in [2.45, 2.75) is 32.3 Å². The molecule has 0 unspecified atom stereocenters. The van der Waals surface area contributed by atoms with Crippen LogP contribution < -0.4 is 10.1 Å². The number of aliphatic hydroxyl groups is 1. The molecule has 0 radical (unpaired) electrons. The standard InChI is InChI=1S/C14H20BrNO3/c1-4-14(18,5-2)9-16-13(17)11-7-6-10(15)8-12(11)19-3/h6-8,18H,4-5,9H2,1-3H3,(H,16,17). The lowest BCUT2D eigenvalue weighted by molar-refractivity contribution is 0.0313. The molecule has 0 saturated heterocycles. The van der Waals surface area contributed by atoms with Crippen molar-refractivity contribution in [2.24, 2.45) is 0 Å². The third-order valence-corrected chi connectivity index (χ3v) is 3.80. The van der Waals surface area contributed by atoms with E-state index in [9.17, 15) is 9.90 Å². The van der Waals surface area contributed by atoms with Gasteiger partial charge in [-0.3, -0.25) is 4.79 Å². The molecule has 5 heteroatoms. The monoisotopic (exact) mass is 329 g/mol. The van der Waals surface area contributed by atoms with E-state index in [1.807, 2.05) is 13.8 Å².